The number of nitrogens with zero attached hydrogens (tertiary/aromatic N) is 1. The summed E-state index contributed by atoms with van der Waals surface area (Å²) in [7, 11) is 0. The molecule has 1 fully saturated rings. The highest BCUT2D eigenvalue weighted by atomic mass is 19.2. The fourth-order valence-corrected chi connectivity index (χ4v) is 5.30. The lowest BCUT2D eigenvalue weighted by atomic mass is 9.85. The van der Waals surface area contributed by atoms with Gasteiger partial charge in [-0.2, -0.15) is 0 Å². The number of benzene rings is 2. The Morgan fingerprint density at radius 3 is 2.24 bits per heavy atom. The normalized spacial score (nSPS) is 27.2. The maximum Gasteiger partial charge on any atom is 0.200 e. The van der Waals surface area contributed by atoms with Crippen LogP contribution in [0.4, 0.5) is 22.0 Å². The molecule has 0 aromatic heterocycles. The summed E-state index contributed by atoms with van der Waals surface area (Å²) in [6, 6.07) is 8.23. The van der Waals surface area contributed by atoms with Crippen molar-refractivity contribution >= 4 is 0 Å². The molecule has 150 valence electrons. The SMILES string of the molecule is Fc1c(F)c(F)c(CCN2C3C=CC=CC3C3Cc4ccccc4C32)c(F)c1F. The topological polar surface area (TPSA) is 3.24 Å². The minimum Gasteiger partial charge on any atom is -0.289 e. The van der Waals surface area contributed by atoms with E-state index in [1.807, 2.05) is 24.3 Å². The Labute approximate surface area is 165 Å². The summed E-state index contributed by atoms with van der Waals surface area (Å²) in [6.07, 6.45) is 8.84. The lowest BCUT2D eigenvalue weighted by Crippen LogP contribution is -2.35. The van der Waals surface area contributed by atoms with Crippen LogP contribution in [0.1, 0.15) is 22.7 Å². The van der Waals surface area contributed by atoms with Crippen molar-refractivity contribution < 1.29 is 22.0 Å². The highest BCUT2D eigenvalue weighted by Crippen LogP contribution is 2.53. The molecule has 5 rings (SSSR count). The second-order valence-electron chi connectivity index (χ2n) is 7.89. The zero-order chi connectivity index (χ0) is 20.3. The predicted molar refractivity (Wildman–Crippen MR) is 98.6 cm³/mol. The van der Waals surface area contributed by atoms with E-state index in [9.17, 15) is 22.0 Å². The van der Waals surface area contributed by atoms with Crippen LogP contribution in [0.25, 0.3) is 0 Å². The smallest absolute Gasteiger partial charge is 0.200 e. The molecule has 0 amide bonds. The second-order valence-corrected chi connectivity index (χ2v) is 7.89. The van der Waals surface area contributed by atoms with Crippen molar-refractivity contribution in [1.29, 1.82) is 0 Å². The van der Waals surface area contributed by atoms with Gasteiger partial charge >= 0.3 is 0 Å². The molecule has 6 heteroatoms. The Kier molecular flexibility index (Phi) is 4.35. The molecule has 4 unspecified atom stereocenters. The zero-order valence-corrected chi connectivity index (χ0v) is 15.4. The first-order chi connectivity index (χ1) is 14.0. The Balaban J connectivity index is 1.50. The number of halogens is 5. The van der Waals surface area contributed by atoms with Crippen LogP contribution in [0.3, 0.4) is 0 Å². The van der Waals surface area contributed by atoms with Crippen molar-refractivity contribution in [3.8, 4) is 0 Å². The van der Waals surface area contributed by atoms with E-state index in [-0.39, 0.29) is 31.0 Å². The van der Waals surface area contributed by atoms with Gasteiger partial charge in [0, 0.05) is 30.1 Å². The number of allylic oxidation sites excluding steroid dienone is 2. The molecule has 0 saturated carbocycles. The molecule has 1 aliphatic heterocycles. The molecule has 0 bridgehead atoms. The second kappa shape index (κ2) is 6.80. The van der Waals surface area contributed by atoms with E-state index in [1.54, 1.807) is 0 Å². The Morgan fingerprint density at radius 1 is 0.828 bits per heavy atom. The molecule has 0 spiro atoms. The monoisotopic (exact) mass is 403 g/mol. The van der Waals surface area contributed by atoms with Gasteiger partial charge in [0.2, 0.25) is 5.82 Å². The minimum absolute atomic E-state index is 0.0459. The summed E-state index contributed by atoms with van der Waals surface area (Å²) in [5.74, 6) is -8.77. The van der Waals surface area contributed by atoms with Crippen LogP contribution in [0.5, 0.6) is 0 Å². The van der Waals surface area contributed by atoms with Crippen LogP contribution in [0.15, 0.2) is 48.6 Å². The van der Waals surface area contributed by atoms with E-state index < -0.39 is 34.6 Å². The number of hydrogen-bond acceptors (Lipinski definition) is 1. The van der Waals surface area contributed by atoms with Crippen molar-refractivity contribution in [1.82, 2.24) is 4.90 Å². The number of hydrogen-bond donors (Lipinski definition) is 0. The largest absolute Gasteiger partial charge is 0.289 e. The summed E-state index contributed by atoms with van der Waals surface area (Å²) in [5, 5.41) is 0. The van der Waals surface area contributed by atoms with Crippen LogP contribution < -0.4 is 0 Å². The number of fused-ring (bicyclic) bond motifs is 5. The lowest BCUT2D eigenvalue weighted by molar-refractivity contribution is 0.208. The quantitative estimate of drug-likeness (QED) is 0.384. The fourth-order valence-electron chi connectivity index (χ4n) is 5.30. The van der Waals surface area contributed by atoms with Crippen LogP contribution in [0.2, 0.25) is 0 Å². The number of likely N-dealkylation sites (tertiary alicyclic amines) is 1. The fraction of sp³-hybridized carbons (Fsp3) is 0.304. The summed E-state index contributed by atoms with van der Waals surface area (Å²) in [4.78, 5) is 2.15. The standard InChI is InChI=1S/C23H18F5N/c24-18-15(19(25)21(27)22(28)20(18)26)9-10-29-17-8-4-3-7-14(17)16-11-12-5-1-2-6-13(12)23(16)29/h1-8,14,16-17,23H,9-11H2. The number of rotatable bonds is 3. The summed E-state index contributed by atoms with van der Waals surface area (Å²) >= 11 is 0. The van der Waals surface area contributed by atoms with Gasteiger partial charge in [0.05, 0.1) is 0 Å². The van der Waals surface area contributed by atoms with Crippen molar-refractivity contribution in [3.63, 3.8) is 0 Å². The molecule has 2 aromatic rings. The Hall–Kier alpha value is -2.47. The highest BCUT2D eigenvalue weighted by molar-refractivity contribution is 5.40. The first kappa shape index (κ1) is 18.6. The third-order valence-corrected chi connectivity index (χ3v) is 6.54. The van der Waals surface area contributed by atoms with Crippen LogP contribution >= 0.6 is 0 Å². The first-order valence-electron chi connectivity index (χ1n) is 9.68. The minimum atomic E-state index is -2.12. The molecule has 2 aromatic carbocycles. The first-order valence-corrected chi connectivity index (χ1v) is 9.68. The van der Waals surface area contributed by atoms with Gasteiger partial charge in [-0.15, -0.1) is 0 Å². The Morgan fingerprint density at radius 2 is 1.48 bits per heavy atom. The molecule has 1 saturated heterocycles. The highest BCUT2D eigenvalue weighted by Gasteiger charge is 2.51. The predicted octanol–water partition coefficient (Wildman–Crippen LogP) is 5.26. The van der Waals surface area contributed by atoms with Crippen molar-refractivity contribution in [3.05, 3.63) is 94.3 Å². The van der Waals surface area contributed by atoms with E-state index in [0.717, 1.165) is 6.42 Å². The van der Waals surface area contributed by atoms with Crippen LogP contribution in [0, 0.1) is 40.9 Å². The summed E-state index contributed by atoms with van der Waals surface area (Å²) < 4.78 is 68.8. The average molecular weight is 403 g/mol. The van der Waals surface area contributed by atoms with E-state index in [2.05, 4.69) is 29.2 Å². The van der Waals surface area contributed by atoms with Crippen molar-refractivity contribution in [2.24, 2.45) is 11.8 Å². The van der Waals surface area contributed by atoms with E-state index in [1.165, 1.54) is 11.1 Å². The maximum absolute atomic E-state index is 14.2. The van der Waals surface area contributed by atoms with Gasteiger partial charge in [-0.1, -0.05) is 48.6 Å². The van der Waals surface area contributed by atoms with E-state index in [0.29, 0.717) is 5.92 Å². The molecule has 2 aliphatic carbocycles. The van der Waals surface area contributed by atoms with Crippen molar-refractivity contribution in [2.45, 2.75) is 24.9 Å². The molecular weight excluding hydrogens is 385 g/mol. The van der Waals surface area contributed by atoms with Gasteiger partial charge in [-0.3, -0.25) is 4.90 Å². The summed E-state index contributed by atoms with van der Waals surface area (Å²) in [6.45, 7) is 0.202. The van der Waals surface area contributed by atoms with Crippen molar-refractivity contribution in [2.75, 3.05) is 6.54 Å². The van der Waals surface area contributed by atoms with E-state index >= 15 is 0 Å². The average Bonchev–Trinajstić information content (AvgIpc) is 3.26. The molecule has 0 N–H and O–H groups in total. The molecule has 1 nitrogen and oxygen atoms in total. The third kappa shape index (κ3) is 2.69. The lowest BCUT2D eigenvalue weighted by Gasteiger charge is -2.30. The van der Waals surface area contributed by atoms with Gasteiger partial charge in [0.15, 0.2) is 23.3 Å². The molecule has 29 heavy (non-hydrogen) atoms. The van der Waals surface area contributed by atoms with Gasteiger partial charge < -0.3 is 0 Å². The molecule has 0 radical (unpaired) electrons. The molecular formula is C23H18F5N. The molecule has 3 aliphatic rings. The van der Waals surface area contributed by atoms with Crippen LogP contribution in [-0.2, 0) is 12.8 Å². The van der Waals surface area contributed by atoms with Crippen LogP contribution in [-0.4, -0.2) is 17.5 Å². The van der Waals surface area contributed by atoms with Gasteiger partial charge in [-0.05, 0) is 29.9 Å². The Bertz CT molecular complexity index is 1010. The third-order valence-electron chi connectivity index (χ3n) is 6.54. The molecule has 4 atom stereocenters. The van der Waals surface area contributed by atoms with Gasteiger partial charge in [-0.25, -0.2) is 22.0 Å². The van der Waals surface area contributed by atoms with Gasteiger partial charge in [0.1, 0.15) is 0 Å². The van der Waals surface area contributed by atoms with Gasteiger partial charge in [0.25, 0.3) is 0 Å². The van der Waals surface area contributed by atoms with E-state index in [4.69, 9.17) is 0 Å². The molecule has 1 heterocycles. The maximum atomic E-state index is 14.2. The summed E-state index contributed by atoms with van der Waals surface area (Å²) in [5.41, 5.74) is 1.69. The zero-order valence-electron chi connectivity index (χ0n) is 15.4.